The summed E-state index contributed by atoms with van der Waals surface area (Å²) in [6.45, 7) is 7.88. The maximum Gasteiger partial charge on any atom is 0.337 e. The fraction of sp³-hybridized carbons (Fsp3) is 0.769. The number of methoxy groups -OCH3 is 1. The van der Waals surface area contributed by atoms with E-state index in [-0.39, 0.29) is 5.57 Å². The van der Waals surface area contributed by atoms with Gasteiger partial charge >= 0.3 is 11.9 Å². The Balaban J connectivity index is 3.42. The van der Waals surface area contributed by atoms with Crippen molar-refractivity contribution in [3.05, 3.63) is 23.8 Å². The van der Waals surface area contributed by atoms with E-state index in [1.54, 1.807) is 6.92 Å². The lowest BCUT2D eigenvalue weighted by Gasteiger charge is -2.06. The second kappa shape index (κ2) is 20.7. The van der Waals surface area contributed by atoms with Crippen LogP contribution in [0.2, 0.25) is 0 Å². The molecule has 0 atom stereocenters. The summed E-state index contributed by atoms with van der Waals surface area (Å²) in [5.41, 5.74) is 0.510. The first-order valence-electron chi connectivity index (χ1n) is 12.2. The summed E-state index contributed by atoms with van der Waals surface area (Å²) in [6.07, 6.45) is 22.5. The molecule has 0 aromatic heterocycles. The van der Waals surface area contributed by atoms with Crippen molar-refractivity contribution in [3.63, 3.8) is 0 Å². The van der Waals surface area contributed by atoms with E-state index >= 15 is 0 Å². The molecule has 0 aliphatic carbocycles. The molecule has 0 rings (SSSR count). The van der Waals surface area contributed by atoms with Crippen LogP contribution in [0.15, 0.2) is 23.8 Å². The Bertz CT molecular complexity index is 493. The van der Waals surface area contributed by atoms with Crippen LogP contribution in [-0.2, 0) is 19.1 Å². The molecule has 0 N–H and O–H groups in total. The maximum absolute atomic E-state index is 11.9. The Morgan fingerprint density at radius 2 is 1.10 bits per heavy atom. The third kappa shape index (κ3) is 17.3. The zero-order valence-corrected chi connectivity index (χ0v) is 19.9. The van der Waals surface area contributed by atoms with Crippen molar-refractivity contribution in [2.75, 3.05) is 13.7 Å². The fourth-order valence-electron chi connectivity index (χ4n) is 3.44. The average Bonchev–Trinajstić information content (AvgIpc) is 2.74. The third-order valence-electron chi connectivity index (χ3n) is 5.39. The van der Waals surface area contributed by atoms with Crippen LogP contribution in [0.1, 0.15) is 117 Å². The van der Waals surface area contributed by atoms with Gasteiger partial charge in [-0.2, -0.15) is 0 Å². The van der Waals surface area contributed by atoms with Crippen LogP contribution in [0.25, 0.3) is 0 Å². The third-order valence-corrected chi connectivity index (χ3v) is 5.39. The number of unbranched alkanes of at least 4 members (excludes halogenated alkanes) is 15. The van der Waals surface area contributed by atoms with Crippen molar-refractivity contribution in [3.8, 4) is 0 Å². The summed E-state index contributed by atoms with van der Waals surface area (Å²) in [4.78, 5) is 23.1. The second-order valence-corrected chi connectivity index (χ2v) is 8.28. The molecular weight excluding hydrogens is 376 g/mol. The average molecular weight is 423 g/mol. The molecule has 0 saturated heterocycles. The minimum Gasteiger partial charge on any atom is -0.465 e. The molecule has 0 spiro atoms. The Kier molecular flexibility index (Phi) is 19.6. The molecule has 0 aromatic carbocycles. The molecule has 0 radical (unpaired) electrons. The highest BCUT2D eigenvalue weighted by Gasteiger charge is 2.09. The lowest BCUT2D eigenvalue weighted by molar-refractivity contribution is -0.139. The van der Waals surface area contributed by atoms with Gasteiger partial charge in [-0.15, -0.1) is 0 Å². The van der Waals surface area contributed by atoms with Gasteiger partial charge in [0, 0.05) is 5.57 Å². The molecule has 0 fully saturated rings. The van der Waals surface area contributed by atoms with E-state index in [9.17, 15) is 9.59 Å². The van der Waals surface area contributed by atoms with Gasteiger partial charge < -0.3 is 9.47 Å². The van der Waals surface area contributed by atoms with E-state index in [1.807, 2.05) is 0 Å². The van der Waals surface area contributed by atoms with Crippen LogP contribution >= 0.6 is 0 Å². The highest BCUT2D eigenvalue weighted by molar-refractivity contribution is 5.95. The molecule has 4 nitrogen and oxygen atoms in total. The number of carbonyl (C=O) groups excluding carboxylic acids is 2. The quantitative estimate of drug-likeness (QED) is 0.0883. The minimum absolute atomic E-state index is 0.148. The van der Waals surface area contributed by atoms with Crippen LogP contribution in [0.4, 0.5) is 0 Å². The van der Waals surface area contributed by atoms with Crippen LogP contribution < -0.4 is 0 Å². The molecule has 0 aromatic rings. The van der Waals surface area contributed by atoms with Gasteiger partial charge in [-0.05, 0) is 19.4 Å². The normalized spacial score (nSPS) is 11.4. The molecule has 0 unspecified atom stereocenters. The molecule has 0 saturated carbocycles. The van der Waals surface area contributed by atoms with Gasteiger partial charge in [0.1, 0.15) is 0 Å². The Morgan fingerprint density at radius 3 is 1.50 bits per heavy atom. The van der Waals surface area contributed by atoms with Crippen molar-refractivity contribution < 1.29 is 19.1 Å². The number of rotatable bonds is 20. The van der Waals surface area contributed by atoms with Crippen molar-refractivity contribution in [1.82, 2.24) is 0 Å². The first kappa shape index (κ1) is 28.4. The molecule has 0 bridgehead atoms. The van der Waals surface area contributed by atoms with Gasteiger partial charge in [-0.3, -0.25) is 0 Å². The molecule has 0 heterocycles. The Labute approximate surface area is 185 Å². The van der Waals surface area contributed by atoms with Crippen molar-refractivity contribution in [1.29, 1.82) is 0 Å². The molecule has 4 heteroatoms. The number of carbonyl (C=O) groups is 2. The van der Waals surface area contributed by atoms with E-state index in [4.69, 9.17) is 4.74 Å². The van der Waals surface area contributed by atoms with Gasteiger partial charge in [0.25, 0.3) is 0 Å². The monoisotopic (exact) mass is 422 g/mol. The lowest BCUT2D eigenvalue weighted by Crippen LogP contribution is -2.09. The van der Waals surface area contributed by atoms with E-state index in [0.29, 0.717) is 12.2 Å². The maximum atomic E-state index is 11.9. The van der Waals surface area contributed by atoms with Gasteiger partial charge in [-0.1, -0.05) is 110 Å². The molecule has 0 aliphatic rings. The predicted octanol–water partition coefficient (Wildman–Crippen LogP) is 7.47. The lowest BCUT2D eigenvalue weighted by atomic mass is 10.0. The highest BCUT2D eigenvalue weighted by Crippen LogP contribution is 2.14. The molecular formula is C26H46O4. The van der Waals surface area contributed by atoms with E-state index in [2.05, 4.69) is 18.2 Å². The number of ether oxygens (including phenoxy) is 2. The molecule has 0 aliphatic heterocycles. The first-order chi connectivity index (χ1) is 14.5. The van der Waals surface area contributed by atoms with Gasteiger partial charge in [-0.25, -0.2) is 9.59 Å². The SMILES string of the molecule is C=C(/C=C(\C)C(=O)OCCCCCCCCCCCCCCCCCC)C(=O)OC. The minimum atomic E-state index is -0.542. The zero-order chi connectivity index (χ0) is 22.5. The number of hydrogen-bond donors (Lipinski definition) is 0. The van der Waals surface area contributed by atoms with Crippen LogP contribution in [0.5, 0.6) is 0 Å². The number of hydrogen-bond acceptors (Lipinski definition) is 4. The molecule has 0 amide bonds. The summed E-state index contributed by atoms with van der Waals surface area (Å²) >= 11 is 0. The van der Waals surface area contributed by atoms with Crippen LogP contribution in [0.3, 0.4) is 0 Å². The summed E-state index contributed by atoms with van der Waals surface area (Å²) in [5.74, 6) is -0.944. The van der Waals surface area contributed by atoms with E-state index < -0.39 is 11.9 Å². The first-order valence-corrected chi connectivity index (χ1v) is 12.2. The topological polar surface area (TPSA) is 52.6 Å². The van der Waals surface area contributed by atoms with Crippen molar-refractivity contribution in [2.24, 2.45) is 0 Å². The molecule has 174 valence electrons. The smallest absolute Gasteiger partial charge is 0.337 e. The van der Waals surface area contributed by atoms with Crippen molar-refractivity contribution >= 4 is 11.9 Å². The van der Waals surface area contributed by atoms with E-state index in [1.165, 1.54) is 103 Å². The zero-order valence-electron chi connectivity index (χ0n) is 19.9. The highest BCUT2D eigenvalue weighted by atomic mass is 16.5. The Morgan fingerprint density at radius 1 is 0.700 bits per heavy atom. The predicted molar refractivity (Wildman–Crippen MR) is 125 cm³/mol. The van der Waals surface area contributed by atoms with Gasteiger partial charge in [0.2, 0.25) is 0 Å². The fourth-order valence-corrected chi connectivity index (χ4v) is 3.44. The van der Waals surface area contributed by atoms with Crippen LogP contribution in [-0.4, -0.2) is 25.7 Å². The van der Waals surface area contributed by atoms with Gasteiger partial charge in [0.05, 0.1) is 19.3 Å². The van der Waals surface area contributed by atoms with Crippen LogP contribution in [0, 0.1) is 0 Å². The summed E-state index contributed by atoms with van der Waals surface area (Å²) < 4.78 is 9.79. The summed E-state index contributed by atoms with van der Waals surface area (Å²) in [5, 5.41) is 0. The summed E-state index contributed by atoms with van der Waals surface area (Å²) in [6, 6.07) is 0. The second-order valence-electron chi connectivity index (χ2n) is 8.28. The number of esters is 2. The van der Waals surface area contributed by atoms with E-state index in [0.717, 1.165) is 12.8 Å². The standard InChI is InChI=1S/C26H46O4/c1-5-6-7-8-9-10-11-12-13-14-15-16-17-18-19-20-21-30-26(28)24(3)22-23(2)25(27)29-4/h22H,2,5-21H2,1,3-4H3/b24-22+. The molecule has 30 heavy (non-hydrogen) atoms. The Hall–Kier alpha value is -1.58. The van der Waals surface area contributed by atoms with Gasteiger partial charge in [0.15, 0.2) is 0 Å². The van der Waals surface area contributed by atoms with Crippen molar-refractivity contribution in [2.45, 2.75) is 117 Å². The largest absolute Gasteiger partial charge is 0.465 e. The summed E-state index contributed by atoms with van der Waals surface area (Å²) in [7, 11) is 1.28.